The molecule has 2 atom stereocenters. The molecule has 0 aromatic carbocycles. The van der Waals surface area contributed by atoms with Crippen LogP contribution in [0.15, 0.2) is 12.4 Å². The predicted octanol–water partition coefficient (Wildman–Crippen LogP) is 1.17. The molecule has 1 aliphatic rings. The second-order valence-corrected chi connectivity index (χ2v) is 5.64. The van der Waals surface area contributed by atoms with Crippen molar-refractivity contribution in [3.63, 3.8) is 0 Å². The van der Waals surface area contributed by atoms with E-state index in [0.29, 0.717) is 19.5 Å². The molecule has 6 nitrogen and oxygen atoms in total. The number of nitrogens with one attached hydrogen (secondary N) is 1. The lowest BCUT2D eigenvalue weighted by molar-refractivity contribution is -0.135. The van der Waals surface area contributed by atoms with Gasteiger partial charge in [0.2, 0.25) is 11.8 Å². The van der Waals surface area contributed by atoms with E-state index < -0.39 is 6.04 Å². The SMILES string of the molecule is CCC(C)C1NC(=O)CCN(Cc2cnn(CC)c2)C1=O. The van der Waals surface area contributed by atoms with Crippen molar-refractivity contribution in [3.05, 3.63) is 18.0 Å². The summed E-state index contributed by atoms with van der Waals surface area (Å²) in [5.41, 5.74) is 1.00. The maximum Gasteiger partial charge on any atom is 0.245 e. The quantitative estimate of drug-likeness (QED) is 0.885. The zero-order valence-corrected chi connectivity index (χ0v) is 13.0. The molecule has 0 saturated carbocycles. The highest BCUT2D eigenvalue weighted by atomic mass is 16.2. The molecule has 2 rings (SSSR count). The largest absolute Gasteiger partial charge is 0.344 e. The minimum atomic E-state index is -0.411. The number of carbonyl (C=O) groups is 2. The smallest absolute Gasteiger partial charge is 0.245 e. The van der Waals surface area contributed by atoms with Gasteiger partial charge in [0.1, 0.15) is 6.04 Å². The number of hydrogen-bond acceptors (Lipinski definition) is 3. The summed E-state index contributed by atoms with van der Waals surface area (Å²) in [4.78, 5) is 26.2. The lowest BCUT2D eigenvalue weighted by Gasteiger charge is -2.26. The Kier molecular flexibility index (Phi) is 4.98. The molecular formula is C15H24N4O2. The monoisotopic (exact) mass is 292 g/mol. The number of aryl methyl sites for hydroxylation is 1. The third kappa shape index (κ3) is 3.62. The molecule has 1 aromatic heterocycles. The number of rotatable bonds is 5. The van der Waals surface area contributed by atoms with Gasteiger partial charge >= 0.3 is 0 Å². The molecule has 1 fully saturated rings. The summed E-state index contributed by atoms with van der Waals surface area (Å²) in [6, 6.07) is -0.411. The van der Waals surface area contributed by atoms with Gasteiger partial charge in [0.25, 0.3) is 0 Å². The number of carbonyl (C=O) groups excluding carboxylic acids is 2. The lowest BCUT2D eigenvalue weighted by Crippen LogP contribution is -2.48. The molecule has 1 saturated heterocycles. The molecule has 2 unspecified atom stereocenters. The molecule has 6 heteroatoms. The summed E-state index contributed by atoms with van der Waals surface area (Å²) >= 11 is 0. The highest BCUT2D eigenvalue weighted by Crippen LogP contribution is 2.16. The van der Waals surface area contributed by atoms with Gasteiger partial charge in [-0.3, -0.25) is 14.3 Å². The first-order chi connectivity index (χ1) is 10.0. The fraction of sp³-hybridized carbons (Fsp3) is 0.667. The van der Waals surface area contributed by atoms with Crippen LogP contribution in [0.2, 0.25) is 0 Å². The van der Waals surface area contributed by atoms with Gasteiger partial charge in [-0.2, -0.15) is 5.10 Å². The second-order valence-electron chi connectivity index (χ2n) is 5.64. The molecular weight excluding hydrogens is 268 g/mol. The van der Waals surface area contributed by atoms with Crippen molar-refractivity contribution in [3.8, 4) is 0 Å². The minimum absolute atomic E-state index is 0.0134. The fourth-order valence-electron chi connectivity index (χ4n) is 2.51. The van der Waals surface area contributed by atoms with Crippen molar-refractivity contribution < 1.29 is 9.59 Å². The Balaban J connectivity index is 2.13. The van der Waals surface area contributed by atoms with Gasteiger partial charge in [0.15, 0.2) is 0 Å². The van der Waals surface area contributed by atoms with Crippen molar-refractivity contribution in [1.29, 1.82) is 0 Å². The average Bonchev–Trinajstić information content (AvgIpc) is 2.89. The molecule has 0 radical (unpaired) electrons. The second kappa shape index (κ2) is 6.74. The van der Waals surface area contributed by atoms with Crippen molar-refractivity contribution in [1.82, 2.24) is 20.0 Å². The Bertz CT molecular complexity index is 512. The van der Waals surface area contributed by atoms with Crippen LogP contribution in [0.4, 0.5) is 0 Å². The van der Waals surface area contributed by atoms with Gasteiger partial charge in [0.05, 0.1) is 6.20 Å². The van der Waals surface area contributed by atoms with Crippen LogP contribution in [-0.4, -0.2) is 39.1 Å². The summed E-state index contributed by atoms with van der Waals surface area (Å²) in [6.45, 7) is 7.85. The van der Waals surface area contributed by atoms with Crippen LogP contribution in [0.25, 0.3) is 0 Å². The summed E-state index contributed by atoms with van der Waals surface area (Å²) in [7, 11) is 0. The van der Waals surface area contributed by atoms with E-state index in [0.717, 1.165) is 18.5 Å². The van der Waals surface area contributed by atoms with Gasteiger partial charge in [-0.1, -0.05) is 20.3 Å². The summed E-state index contributed by atoms with van der Waals surface area (Å²) < 4.78 is 1.84. The first kappa shape index (κ1) is 15.5. The zero-order chi connectivity index (χ0) is 15.4. The van der Waals surface area contributed by atoms with Crippen LogP contribution >= 0.6 is 0 Å². The Morgan fingerprint density at radius 3 is 2.81 bits per heavy atom. The Labute approximate surface area is 125 Å². The van der Waals surface area contributed by atoms with Gasteiger partial charge in [0, 0.05) is 37.8 Å². The topological polar surface area (TPSA) is 67.2 Å². The van der Waals surface area contributed by atoms with Crippen LogP contribution in [0.3, 0.4) is 0 Å². The van der Waals surface area contributed by atoms with Crippen LogP contribution in [0.5, 0.6) is 0 Å². The van der Waals surface area contributed by atoms with E-state index in [1.54, 1.807) is 11.1 Å². The molecule has 1 N–H and O–H groups in total. The third-order valence-corrected chi connectivity index (χ3v) is 4.10. The first-order valence-electron chi connectivity index (χ1n) is 7.64. The van der Waals surface area contributed by atoms with Crippen LogP contribution in [0.1, 0.15) is 39.2 Å². The molecule has 0 aliphatic carbocycles. The first-order valence-corrected chi connectivity index (χ1v) is 7.64. The minimum Gasteiger partial charge on any atom is -0.344 e. The van der Waals surface area contributed by atoms with Gasteiger partial charge in [-0.15, -0.1) is 0 Å². The normalized spacial score (nSPS) is 21.1. The van der Waals surface area contributed by atoms with Crippen molar-refractivity contribution in [2.45, 2.75) is 52.7 Å². The van der Waals surface area contributed by atoms with E-state index in [2.05, 4.69) is 10.4 Å². The van der Waals surface area contributed by atoms with Crippen LogP contribution in [0, 0.1) is 5.92 Å². The highest BCUT2D eigenvalue weighted by molar-refractivity contribution is 5.90. The molecule has 1 aromatic rings. The molecule has 0 bridgehead atoms. The van der Waals surface area contributed by atoms with Crippen molar-refractivity contribution in [2.24, 2.45) is 5.92 Å². The number of aromatic nitrogens is 2. The van der Waals surface area contributed by atoms with Gasteiger partial charge < -0.3 is 10.2 Å². The molecule has 2 heterocycles. The molecule has 116 valence electrons. The number of nitrogens with zero attached hydrogens (tertiary/aromatic N) is 3. The van der Waals surface area contributed by atoms with E-state index >= 15 is 0 Å². The van der Waals surface area contributed by atoms with Gasteiger partial charge in [-0.25, -0.2) is 0 Å². The average molecular weight is 292 g/mol. The van der Waals surface area contributed by atoms with Crippen molar-refractivity contribution in [2.75, 3.05) is 6.54 Å². The van der Waals surface area contributed by atoms with Crippen LogP contribution in [-0.2, 0) is 22.7 Å². The predicted molar refractivity (Wildman–Crippen MR) is 79.3 cm³/mol. The standard InChI is InChI=1S/C15H24N4O2/c1-4-11(3)14-15(21)18(7-6-13(20)17-14)9-12-8-16-19(5-2)10-12/h8,10-11,14H,4-7,9H2,1-3H3,(H,17,20). The van der Waals surface area contributed by atoms with E-state index in [1.807, 2.05) is 31.6 Å². The zero-order valence-electron chi connectivity index (χ0n) is 13.0. The number of hydrogen-bond donors (Lipinski definition) is 1. The molecule has 0 spiro atoms. The van der Waals surface area contributed by atoms with Gasteiger partial charge in [-0.05, 0) is 12.8 Å². The summed E-state index contributed by atoms with van der Waals surface area (Å²) in [5.74, 6) is 0.111. The highest BCUT2D eigenvalue weighted by Gasteiger charge is 2.32. The molecule has 2 amide bonds. The molecule has 1 aliphatic heterocycles. The maximum atomic E-state index is 12.7. The number of amides is 2. The molecule has 21 heavy (non-hydrogen) atoms. The van der Waals surface area contributed by atoms with E-state index in [-0.39, 0.29) is 17.7 Å². The Morgan fingerprint density at radius 2 is 2.19 bits per heavy atom. The Morgan fingerprint density at radius 1 is 1.43 bits per heavy atom. The Hall–Kier alpha value is -1.85. The lowest BCUT2D eigenvalue weighted by atomic mass is 9.98. The van der Waals surface area contributed by atoms with E-state index in [1.165, 1.54) is 0 Å². The van der Waals surface area contributed by atoms with E-state index in [9.17, 15) is 9.59 Å². The van der Waals surface area contributed by atoms with E-state index in [4.69, 9.17) is 0 Å². The van der Waals surface area contributed by atoms with Crippen molar-refractivity contribution >= 4 is 11.8 Å². The maximum absolute atomic E-state index is 12.7. The van der Waals surface area contributed by atoms with Crippen LogP contribution < -0.4 is 5.32 Å². The summed E-state index contributed by atoms with van der Waals surface area (Å²) in [5, 5.41) is 7.09. The summed E-state index contributed by atoms with van der Waals surface area (Å²) in [6.07, 6.45) is 4.96. The fourth-order valence-corrected chi connectivity index (χ4v) is 2.51. The third-order valence-electron chi connectivity index (χ3n) is 4.10.